The first kappa shape index (κ1) is 9.41. The number of hydrogen-bond acceptors (Lipinski definition) is 2. The van der Waals surface area contributed by atoms with E-state index in [-0.39, 0.29) is 12.0 Å². The molecular weight excluding hydrogens is 167 g/mol. The molecule has 2 aliphatic rings. The SMILES string of the molecule is CN1C[C@@H]2CCC(N)CC[C@]2(F)C1. The van der Waals surface area contributed by atoms with Crippen molar-refractivity contribution in [2.75, 3.05) is 20.1 Å². The van der Waals surface area contributed by atoms with Gasteiger partial charge in [-0.1, -0.05) is 0 Å². The summed E-state index contributed by atoms with van der Waals surface area (Å²) in [4.78, 5) is 2.11. The van der Waals surface area contributed by atoms with E-state index < -0.39 is 5.67 Å². The summed E-state index contributed by atoms with van der Waals surface area (Å²) < 4.78 is 14.3. The average molecular weight is 186 g/mol. The van der Waals surface area contributed by atoms with Gasteiger partial charge in [0, 0.05) is 25.0 Å². The molecule has 0 aromatic rings. The number of hydrogen-bond donors (Lipinski definition) is 1. The van der Waals surface area contributed by atoms with Crippen LogP contribution in [0.3, 0.4) is 0 Å². The molecular formula is C10H19FN2. The third-order valence-corrected chi connectivity index (χ3v) is 3.61. The van der Waals surface area contributed by atoms with Crippen molar-refractivity contribution in [3.8, 4) is 0 Å². The van der Waals surface area contributed by atoms with Crippen LogP contribution in [0.1, 0.15) is 25.7 Å². The molecule has 1 heterocycles. The Labute approximate surface area is 79.3 Å². The molecule has 1 aliphatic heterocycles. The van der Waals surface area contributed by atoms with Crippen molar-refractivity contribution in [3.63, 3.8) is 0 Å². The molecule has 1 saturated heterocycles. The molecule has 1 aliphatic carbocycles. The molecule has 76 valence electrons. The lowest BCUT2D eigenvalue weighted by molar-refractivity contribution is 0.113. The molecule has 2 rings (SSSR count). The summed E-state index contributed by atoms with van der Waals surface area (Å²) in [5, 5.41) is 0. The van der Waals surface area contributed by atoms with Gasteiger partial charge in [0.1, 0.15) is 5.67 Å². The molecule has 0 aromatic heterocycles. The Morgan fingerprint density at radius 2 is 2.15 bits per heavy atom. The van der Waals surface area contributed by atoms with Gasteiger partial charge in [-0.2, -0.15) is 0 Å². The van der Waals surface area contributed by atoms with Gasteiger partial charge in [0.15, 0.2) is 0 Å². The fourth-order valence-corrected chi connectivity index (χ4v) is 2.80. The van der Waals surface area contributed by atoms with Crippen molar-refractivity contribution in [2.24, 2.45) is 11.7 Å². The number of halogens is 1. The van der Waals surface area contributed by atoms with Crippen molar-refractivity contribution in [1.82, 2.24) is 4.90 Å². The van der Waals surface area contributed by atoms with Crippen molar-refractivity contribution < 1.29 is 4.39 Å². The normalized spacial score (nSPS) is 47.3. The minimum Gasteiger partial charge on any atom is -0.328 e. The van der Waals surface area contributed by atoms with Gasteiger partial charge in [-0.3, -0.25) is 0 Å². The number of alkyl halides is 1. The summed E-state index contributed by atoms with van der Waals surface area (Å²) in [5.74, 6) is 0.242. The highest BCUT2D eigenvalue weighted by Crippen LogP contribution is 2.40. The van der Waals surface area contributed by atoms with E-state index in [1.54, 1.807) is 0 Å². The maximum absolute atomic E-state index is 14.3. The largest absolute Gasteiger partial charge is 0.328 e. The lowest BCUT2D eigenvalue weighted by Gasteiger charge is -2.23. The van der Waals surface area contributed by atoms with Gasteiger partial charge < -0.3 is 10.6 Å². The van der Waals surface area contributed by atoms with E-state index in [4.69, 9.17) is 5.73 Å². The molecule has 1 saturated carbocycles. The average Bonchev–Trinajstić information content (AvgIpc) is 2.28. The van der Waals surface area contributed by atoms with Gasteiger partial charge >= 0.3 is 0 Å². The molecule has 2 nitrogen and oxygen atoms in total. The second-order valence-electron chi connectivity index (χ2n) is 4.80. The van der Waals surface area contributed by atoms with Crippen molar-refractivity contribution >= 4 is 0 Å². The minimum absolute atomic E-state index is 0.239. The Balaban J connectivity index is 2.09. The monoisotopic (exact) mass is 186 g/mol. The predicted molar refractivity (Wildman–Crippen MR) is 51.3 cm³/mol. The Hall–Kier alpha value is -0.150. The summed E-state index contributed by atoms with van der Waals surface area (Å²) in [6.45, 7) is 1.54. The number of nitrogens with zero attached hydrogens (tertiary/aromatic N) is 1. The summed E-state index contributed by atoms with van der Waals surface area (Å²) in [5.41, 5.74) is 4.92. The van der Waals surface area contributed by atoms with Gasteiger partial charge in [-0.05, 0) is 32.7 Å². The number of likely N-dealkylation sites (tertiary alicyclic amines) is 1. The van der Waals surface area contributed by atoms with E-state index in [1.807, 2.05) is 7.05 Å². The van der Waals surface area contributed by atoms with E-state index in [1.165, 1.54) is 0 Å². The first-order valence-electron chi connectivity index (χ1n) is 5.23. The van der Waals surface area contributed by atoms with Crippen LogP contribution in [-0.4, -0.2) is 36.7 Å². The molecule has 0 amide bonds. The highest BCUT2D eigenvalue weighted by atomic mass is 19.1. The molecule has 0 aromatic carbocycles. The van der Waals surface area contributed by atoms with Crippen LogP contribution in [0, 0.1) is 5.92 Å². The van der Waals surface area contributed by atoms with Crippen molar-refractivity contribution in [3.05, 3.63) is 0 Å². The molecule has 0 spiro atoms. The van der Waals surface area contributed by atoms with E-state index in [0.717, 1.165) is 25.8 Å². The van der Waals surface area contributed by atoms with Gasteiger partial charge in [-0.25, -0.2) is 4.39 Å². The minimum atomic E-state index is -0.928. The van der Waals surface area contributed by atoms with Crippen LogP contribution in [0.4, 0.5) is 4.39 Å². The lowest BCUT2D eigenvalue weighted by atomic mass is 9.88. The van der Waals surface area contributed by atoms with Gasteiger partial charge in [0.2, 0.25) is 0 Å². The fourth-order valence-electron chi connectivity index (χ4n) is 2.80. The van der Waals surface area contributed by atoms with Crippen LogP contribution in [0.2, 0.25) is 0 Å². The molecule has 3 atom stereocenters. The van der Waals surface area contributed by atoms with Crippen LogP contribution in [0.5, 0.6) is 0 Å². The maximum atomic E-state index is 14.3. The molecule has 0 radical (unpaired) electrons. The Morgan fingerprint density at radius 1 is 1.38 bits per heavy atom. The van der Waals surface area contributed by atoms with Gasteiger partial charge in [-0.15, -0.1) is 0 Å². The highest BCUT2D eigenvalue weighted by molar-refractivity contribution is 4.99. The zero-order valence-electron chi connectivity index (χ0n) is 8.30. The van der Waals surface area contributed by atoms with E-state index >= 15 is 0 Å². The first-order valence-corrected chi connectivity index (χ1v) is 5.23. The number of fused-ring (bicyclic) bond motifs is 1. The van der Waals surface area contributed by atoms with Gasteiger partial charge in [0.05, 0.1) is 0 Å². The smallest absolute Gasteiger partial charge is 0.127 e. The summed E-state index contributed by atoms with van der Waals surface area (Å²) in [6, 6.07) is 0.239. The zero-order chi connectivity index (χ0) is 9.47. The first-order chi connectivity index (χ1) is 6.10. The molecule has 0 bridgehead atoms. The Bertz CT molecular complexity index is 197. The summed E-state index contributed by atoms with van der Waals surface area (Å²) in [6.07, 6.45) is 3.51. The third kappa shape index (κ3) is 1.72. The quantitative estimate of drug-likeness (QED) is 0.615. The second-order valence-corrected chi connectivity index (χ2v) is 4.80. The number of rotatable bonds is 0. The zero-order valence-corrected chi connectivity index (χ0v) is 8.30. The highest BCUT2D eigenvalue weighted by Gasteiger charge is 2.46. The summed E-state index contributed by atoms with van der Waals surface area (Å²) in [7, 11) is 2.01. The predicted octanol–water partition coefficient (Wildman–Crippen LogP) is 1.16. The fraction of sp³-hybridized carbons (Fsp3) is 1.00. The van der Waals surface area contributed by atoms with Gasteiger partial charge in [0.25, 0.3) is 0 Å². The van der Waals surface area contributed by atoms with Crippen molar-refractivity contribution in [2.45, 2.75) is 37.4 Å². The van der Waals surface area contributed by atoms with Crippen LogP contribution in [0.25, 0.3) is 0 Å². The Kier molecular flexibility index (Phi) is 2.32. The Morgan fingerprint density at radius 3 is 2.92 bits per heavy atom. The second kappa shape index (κ2) is 3.21. The van der Waals surface area contributed by atoms with Crippen LogP contribution >= 0.6 is 0 Å². The van der Waals surface area contributed by atoms with E-state index in [2.05, 4.69) is 4.90 Å². The molecule has 3 heteroatoms. The lowest BCUT2D eigenvalue weighted by Crippen LogP contribution is -2.32. The topological polar surface area (TPSA) is 29.3 Å². The molecule has 2 fully saturated rings. The maximum Gasteiger partial charge on any atom is 0.127 e. The van der Waals surface area contributed by atoms with E-state index in [9.17, 15) is 4.39 Å². The molecule has 13 heavy (non-hydrogen) atoms. The van der Waals surface area contributed by atoms with Crippen LogP contribution in [-0.2, 0) is 0 Å². The van der Waals surface area contributed by atoms with Crippen LogP contribution in [0.15, 0.2) is 0 Å². The molecule has 1 unspecified atom stereocenters. The standard InChI is InChI=1S/C10H19FN2/c1-13-6-8-2-3-9(12)4-5-10(8,11)7-13/h8-9H,2-7,12H2,1H3/t8-,9?,10-/m0/s1. The number of nitrogens with two attached hydrogens (primary N) is 1. The summed E-state index contributed by atoms with van der Waals surface area (Å²) >= 11 is 0. The van der Waals surface area contributed by atoms with Crippen LogP contribution < -0.4 is 5.73 Å². The van der Waals surface area contributed by atoms with E-state index in [0.29, 0.717) is 13.0 Å². The molecule has 2 N–H and O–H groups in total. The third-order valence-electron chi connectivity index (χ3n) is 3.61. The van der Waals surface area contributed by atoms with Crippen molar-refractivity contribution in [1.29, 1.82) is 0 Å².